The molecule has 15 heavy (non-hydrogen) atoms. The van der Waals surface area contributed by atoms with Crippen molar-refractivity contribution in [1.29, 1.82) is 0 Å². The van der Waals surface area contributed by atoms with Crippen LogP contribution in [-0.4, -0.2) is 16.0 Å². The van der Waals surface area contributed by atoms with Crippen LogP contribution in [0.5, 0.6) is 0 Å². The monoisotopic (exact) mass is 223 g/mol. The second kappa shape index (κ2) is 5.19. The maximum Gasteiger partial charge on any atom is 0.0693 e. The molecule has 82 valence electrons. The second-order valence-electron chi connectivity index (χ2n) is 3.29. The summed E-state index contributed by atoms with van der Waals surface area (Å²) in [4.78, 5) is 1.30. The van der Waals surface area contributed by atoms with Gasteiger partial charge in [0, 0.05) is 16.8 Å². The summed E-state index contributed by atoms with van der Waals surface area (Å²) in [6.07, 6.45) is 5.16. The van der Waals surface area contributed by atoms with Crippen molar-refractivity contribution in [3.63, 3.8) is 0 Å². The van der Waals surface area contributed by atoms with Crippen LogP contribution in [0.2, 0.25) is 0 Å². The highest BCUT2D eigenvalue weighted by molar-refractivity contribution is 7.98. The lowest BCUT2D eigenvalue weighted by atomic mass is 10.2. The number of benzene rings is 1. The van der Waals surface area contributed by atoms with Gasteiger partial charge in [0.1, 0.15) is 0 Å². The zero-order chi connectivity index (χ0) is 9.97. The summed E-state index contributed by atoms with van der Waals surface area (Å²) in [5.41, 5.74) is 1.25. The molecular weight excluding hydrogens is 206 g/mol. The van der Waals surface area contributed by atoms with E-state index in [0.29, 0.717) is 0 Å². The van der Waals surface area contributed by atoms with Gasteiger partial charge in [0.05, 0.1) is 11.7 Å². The Bertz CT molecular complexity index is 436. The third kappa shape index (κ3) is 2.33. The van der Waals surface area contributed by atoms with Crippen molar-refractivity contribution in [2.24, 2.45) is 0 Å². The minimum absolute atomic E-state index is 0. The fourth-order valence-electron chi connectivity index (χ4n) is 1.57. The molecule has 0 unspecified atom stereocenters. The van der Waals surface area contributed by atoms with E-state index < -0.39 is 0 Å². The van der Waals surface area contributed by atoms with E-state index in [1.807, 2.05) is 6.20 Å². The quantitative estimate of drug-likeness (QED) is 0.812. The van der Waals surface area contributed by atoms with Gasteiger partial charge in [0.2, 0.25) is 0 Å². The summed E-state index contributed by atoms with van der Waals surface area (Å²) in [5.74, 6) is 0. The van der Waals surface area contributed by atoms with Crippen molar-refractivity contribution in [3.05, 3.63) is 24.4 Å². The van der Waals surface area contributed by atoms with Crippen LogP contribution in [0.4, 0.5) is 0 Å². The number of hydrogen-bond acceptors (Lipinski definition) is 3. The predicted octanol–water partition coefficient (Wildman–Crippen LogP) is 3.33. The predicted molar refractivity (Wildman–Crippen MR) is 66.8 cm³/mol. The Kier molecular flexibility index (Phi) is 4.17. The topological polar surface area (TPSA) is 52.8 Å². The summed E-state index contributed by atoms with van der Waals surface area (Å²) in [6, 6.07) is 6.49. The summed E-state index contributed by atoms with van der Waals surface area (Å²) >= 11 is 1.77. The van der Waals surface area contributed by atoms with Gasteiger partial charge in [0.15, 0.2) is 0 Å². The first-order chi connectivity index (χ1) is 6.85. The Morgan fingerprint density at radius 1 is 1.40 bits per heavy atom. The van der Waals surface area contributed by atoms with E-state index in [1.54, 1.807) is 11.8 Å². The van der Waals surface area contributed by atoms with E-state index in [9.17, 15) is 0 Å². The molecule has 3 nitrogen and oxygen atoms in total. The summed E-state index contributed by atoms with van der Waals surface area (Å²) in [7, 11) is 0. The zero-order valence-electron chi connectivity index (χ0n) is 9.23. The molecule has 0 aliphatic carbocycles. The highest BCUT2D eigenvalue weighted by atomic mass is 32.2. The van der Waals surface area contributed by atoms with Gasteiger partial charge in [-0.2, -0.15) is 5.10 Å². The molecule has 0 fully saturated rings. The number of nitrogens with zero attached hydrogens (tertiary/aromatic N) is 2. The average Bonchev–Trinajstić information content (AvgIpc) is 2.61. The number of aromatic nitrogens is 2. The molecule has 4 heteroatoms. The maximum absolute atomic E-state index is 4.37. The third-order valence-electron chi connectivity index (χ3n) is 2.29. The standard InChI is InChI=1S/C11H14N2S.H3N/c1-3-6-13-11-7-10(14-2)5-4-9(11)8-12-13;/h4-5,7-8H,3,6H2,1-2H3;1H3. The van der Waals surface area contributed by atoms with E-state index in [2.05, 4.69) is 41.2 Å². The first-order valence-electron chi connectivity index (χ1n) is 4.84. The van der Waals surface area contributed by atoms with Crippen LogP contribution >= 0.6 is 11.8 Å². The molecule has 0 spiro atoms. The van der Waals surface area contributed by atoms with Gasteiger partial charge in [-0.1, -0.05) is 13.0 Å². The van der Waals surface area contributed by atoms with E-state index in [4.69, 9.17) is 0 Å². The van der Waals surface area contributed by atoms with Crippen molar-refractivity contribution in [2.75, 3.05) is 6.26 Å². The van der Waals surface area contributed by atoms with Crippen LogP contribution in [0.25, 0.3) is 10.9 Å². The normalized spacial score (nSPS) is 10.3. The lowest BCUT2D eigenvalue weighted by molar-refractivity contribution is 0.622. The zero-order valence-corrected chi connectivity index (χ0v) is 10.0. The van der Waals surface area contributed by atoms with Crippen molar-refractivity contribution >= 4 is 22.7 Å². The van der Waals surface area contributed by atoms with E-state index in [-0.39, 0.29) is 6.15 Å². The van der Waals surface area contributed by atoms with Gasteiger partial charge in [-0.3, -0.25) is 4.68 Å². The summed E-state index contributed by atoms with van der Waals surface area (Å²) in [6.45, 7) is 3.17. The van der Waals surface area contributed by atoms with Crippen LogP contribution < -0.4 is 6.15 Å². The molecule has 2 aromatic rings. The van der Waals surface area contributed by atoms with Crippen molar-refractivity contribution in [2.45, 2.75) is 24.8 Å². The highest BCUT2D eigenvalue weighted by Gasteiger charge is 2.02. The Morgan fingerprint density at radius 3 is 2.87 bits per heavy atom. The van der Waals surface area contributed by atoms with Gasteiger partial charge in [0.25, 0.3) is 0 Å². The smallest absolute Gasteiger partial charge is 0.0693 e. The molecule has 0 radical (unpaired) electrons. The average molecular weight is 223 g/mol. The van der Waals surface area contributed by atoms with E-state index >= 15 is 0 Å². The SMILES string of the molecule is CCCn1ncc2ccc(SC)cc21.N. The van der Waals surface area contributed by atoms with Gasteiger partial charge < -0.3 is 6.15 Å². The molecule has 0 saturated heterocycles. The summed E-state index contributed by atoms with van der Waals surface area (Å²) in [5, 5.41) is 5.60. The van der Waals surface area contributed by atoms with Crippen molar-refractivity contribution < 1.29 is 0 Å². The maximum atomic E-state index is 4.37. The lowest BCUT2D eigenvalue weighted by Gasteiger charge is -2.01. The molecule has 0 aliphatic heterocycles. The number of rotatable bonds is 3. The van der Waals surface area contributed by atoms with Gasteiger partial charge in [-0.05, 0) is 24.8 Å². The molecular formula is C11H17N3S. The van der Waals surface area contributed by atoms with Gasteiger partial charge in [-0.25, -0.2) is 0 Å². The third-order valence-corrected chi connectivity index (χ3v) is 3.01. The van der Waals surface area contributed by atoms with Crippen molar-refractivity contribution in [3.8, 4) is 0 Å². The molecule has 3 N–H and O–H groups in total. The van der Waals surface area contributed by atoms with Crippen LogP contribution in [0.1, 0.15) is 13.3 Å². The minimum atomic E-state index is 0. The molecule has 0 amide bonds. The molecule has 0 atom stereocenters. The number of fused-ring (bicyclic) bond motifs is 1. The first kappa shape index (κ1) is 12.1. The number of thioether (sulfide) groups is 1. The van der Waals surface area contributed by atoms with Gasteiger partial charge in [-0.15, -0.1) is 11.8 Å². The van der Waals surface area contributed by atoms with E-state index in [1.165, 1.54) is 15.8 Å². The molecule has 1 heterocycles. The Labute approximate surface area is 94.4 Å². The molecule has 0 aliphatic rings. The second-order valence-corrected chi connectivity index (χ2v) is 4.17. The Balaban J connectivity index is 0.00000112. The lowest BCUT2D eigenvalue weighted by Crippen LogP contribution is -1.97. The van der Waals surface area contributed by atoms with E-state index in [0.717, 1.165) is 13.0 Å². The number of aryl methyl sites for hydroxylation is 1. The Hall–Kier alpha value is -1.00. The highest BCUT2D eigenvalue weighted by Crippen LogP contribution is 2.21. The molecule has 1 aromatic heterocycles. The van der Waals surface area contributed by atoms with Gasteiger partial charge >= 0.3 is 0 Å². The van der Waals surface area contributed by atoms with Crippen LogP contribution in [0.15, 0.2) is 29.3 Å². The fraction of sp³-hybridized carbons (Fsp3) is 0.364. The summed E-state index contributed by atoms with van der Waals surface area (Å²) < 4.78 is 2.08. The first-order valence-corrected chi connectivity index (χ1v) is 6.07. The molecule has 0 bridgehead atoms. The minimum Gasteiger partial charge on any atom is -0.344 e. The largest absolute Gasteiger partial charge is 0.344 e. The van der Waals surface area contributed by atoms with Crippen LogP contribution in [0, 0.1) is 0 Å². The van der Waals surface area contributed by atoms with Crippen LogP contribution in [0.3, 0.4) is 0 Å². The van der Waals surface area contributed by atoms with Crippen molar-refractivity contribution in [1.82, 2.24) is 15.9 Å². The number of hydrogen-bond donors (Lipinski definition) is 1. The molecule has 0 saturated carbocycles. The Morgan fingerprint density at radius 2 is 2.20 bits per heavy atom. The molecule has 1 aromatic carbocycles. The van der Waals surface area contributed by atoms with Crippen LogP contribution in [-0.2, 0) is 6.54 Å². The molecule has 2 rings (SSSR count). The fourth-order valence-corrected chi connectivity index (χ4v) is 2.00.